The molecule has 0 radical (unpaired) electrons. The van der Waals surface area contributed by atoms with E-state index in [2.05, 4.69) is 215 Å². The van der Waals surface area contributed by atoms with Gasteiger partial charge in [-0.15, -0.1) is 0 Å². The predicted octanol–water partition coefficient (Wildman–Crippen LogP) is 14.0. The molecule has 0 fully saturated rings. The Morgan fingerprint density at radius 3 is 1.19 bits per heavy atom. The molecule has 0 amide bonds. The summed E-state index contributed by atoms with van der Waals surface area (Å²) in [6, 6.07) is 75.0. The first-order chi connectivity index (χ1) is 26.8. The van der Waals surface area contributed by atoms with Crippen LogP contribution in [0, 0.1) is 0 Å². The van der Waals surface area contributed by atoms with E-state index in [-0.39, 0.29) is 0 Å². The van der Waals surface area contributed by atoms with Gasteiger partial charge in [0.2, 0.25) is 0 Å². The molecule has 0 aliphatic carbocycles. The maximum absolute atomic E-state index is 2.49. The van der Waals surface area contributed by atoms with E-state index in [1.807, 2.05) is 0 Å². The van der Waals surface area contributed by atoms with Crippen LogP contribution in [-0.2, 0) is 0 Å². The third-order valence-corrected chi connectivity index (χ3v) is 11.1. The van der Waals surface area contributed by atoms with E-state index in [0.717, 1.165) is 11.4 Å². The summed E-state index contributed by atoms with van der Waals surface area (Å²) in [4.78, 5) is 0. The largest absolute Gasteiger partial charge is 0.309 e. The number of fused-ring (bicyclic) bond motifs is 10. The summed E-state index contributed by atoms with van der Waals surface area (Å²) < 4.78 is 4.96. The Balaban J connectivity index is 1.18. The Hall–Kier alpha value is -7.16. The second-order valence-electron chi connectivity index (χ2n) is 14.1. The number of hydrogen-bond donors (Lipinski definition) is 0. The highest BCUT2D eigenvalue weighted by Gasteiger charge is 2.24. The average Bonchev–Trinajstić information content (AvgIpc) is 3.79. The van der Waals surface area contributed by atoms with Gasteiger partial charge in [-0.25, -0.2) is 0 Å². The Labute approximate surface area is 313 Å². The van der Waals surface area contributed by atoms with Crippen LogP contribution in [0.5, 0.6) is 0 Å². The van der Waals surface area contributed by atoms with Gasteiger partial charge >= 0.3 is 0 Å². The second kappa shape index (κ2) is 12.2. The molecule has 0 saturated heterocycles. The molecular weight excluding hydrogens is 653 g/mol. The second-order valence-corrected chi connectivity index (χ2v) is 14.1. The Morgan fingerprint density at radius 2 is 0.630 bits per heavy atom. The Morgan fingerprint density at radius 1 is 0.241 bits per heavy atom. The lowest BCUT2D eigenvalue weighted by atomic mass is 9.93. The Bertz CT molecular complexity index is 3110. The third-order valence-electron chi connectivity index (χ3n) is 11.1. The van der Waals surface area contributed by atoms with Gasteiger partial charge in [0.25, 0.3) is 0 Å². The summed E-state index contributed by atoms with van der Waals surface area (Å²) in [7, 11) is 0. The van der Waals surface area contributed by atoms with Gasteiger partial charge in [-0.05, 0) is 93.4 Å². The molecule has 0 bridgehead atoms. The van der Waals surface area contributed by atoms with Gasteiger partial charge in [0, 0.05) is 38.3 Å². The van der Waals surface area contributed by atoms with Gasteiger partial charge < -0.3 is 9.13 Å². The van der Waals surface area contributed by atoms with Crippen LogP contribution in [0.3, 0.4) is 0 Å². The molecule has 2 nitrogen and oxygen atoms in total. The first kappa shape index (κ1) is 30.5. The van der Waals surface area contributed by atoms with Crippen molar-refractivity contribution in [3.63, 3.8) is 0 Å². The molecule has 54 heavy (non-hydrogen) atoms. The molecule has 11 aromatic rings. The molecule has 2 heterocycles. The molecule has 11 rings (SSSR count). The highest BCUT2D eigenvalue weighted by atomic mass is 15.0. The van der Waals surface area contributed by atoms with Crippen molar-refractivity contribution >= 4 is 54.4 Å². The van der Waals surface area contributed by atoms with Crippen molar-refractivity contribution in [3.8, 4) is 44.8 Å². The van der Waals surface area contributed by atoms with Crippen LogP contribution in [0.4, 0.5) is 0 Å². The van der Waals surface area contributed by atoms with Crippen LogP contribution in [0.15, 0.2) is 206 Å². The zero-order valence-electron chi connectivity index (χ0n) is 29.5. The molecule has 2 heteroatoms. The zero-order chi connectivity index (χ0) is 35.6. The maximum atomic E-state index is 2.49. The molecule has 0 spiro atoms. The summed E-state index contributed by atoms with van der Waals surface area (Å²) >= 11 is 0. The number of hydrogen-bond acceptors (Lipinski definition) is 0. The minimum absolute atomic E-state index is 1.14. The predicted molar refractivity (Wildman–Crippen MR) is 229 cm³/mol. The Kier molecular flexibility index (Phi) is 6.90. The fraction of sp³-hybridized carbons (Fsp3) is 0. The van der Waals surface area contributed by atoms with Crippen LogP contribution in [0.25, 0.3) is 99.1 Å². The van der Waals surface area contributed by atoms with Crippen molar-refractivity contribution < 1.29 is 0 Å². The molecule has 0 aliphatic rings. The molecule has 0 unspecified atom stereocenters. The first-order valence-corrected chi connectivity index (χ1v) is 18.6. The fourth-order valence-corrected chi connectivity index (χ4v) is 8.70. The smallest absolute Gasteiger partial charge is 0.0647 e. The molecular formula is C52H34N2. The first-order valence-electron chi connectivity index (χ1n) is 18.6. The SMILES string of the molecule is c1ccc(-c2cc(-c3ccccc3)cc(-c3ccc(-n4c5ccccc5c5c4c4ccccc4c4c6ccccc6n(-c6ccccc6)c45)cc3)c2)cc1. The number of aromatic nitrogens is 2. The summed E-state index contributed by atoms with van der Waals surface area (Å²) in [5.74, 6) is 0. The highest BCUT2D eigenvalue weighted by molar-refractivity contribution is 6.36. The lowest BCUT2D eigenvalue weighted by Crippen LogP contribution is -1.96. The van der Waals surface area contributed by atoms with Gasteiger partial charge in [-0.1, -0.05) is 152 Å². The van der Waals surface area contributed by atoms with Crippen LogP contribution in [0.1, 0.15) is 0 Å². The quantitative estimate of drug-likeness (QED) is 0.171. The molecule has 0 aliphatic heterocycles. The summed E-state index contributed by atoms with van der Waals surface area (Å²) in [5, 5.41) is 7.59. The molecule has 0 atom stereocenters. The highest BCUT2D eigenvalue weighted by Crippen LogP contribution is 2.47. The van der Waals surface area contributed by atoms with Crippen LogP contribution in [-0.4, -0.2) is 9.13 Å². The minimum atomic E-state index is 1.14. The van der Waals surface area contributed by atoms with E-state index in [0.29, 0.717) is 0 Å². The van der Waals surface area contributed by atoms with E-state index >= 15 is 0 Å². The number of rotatable bonds is 5. The monoisotopic (exact) mass is 686 g/mol. The van der Waals surface area contributed by atoms with E-state index < -0.39 is 0 Å². The zero-order valence-corrected chi connectivity index (χ0v) is 29.5. The van der Waals surface area contributed by atoms with Gasteiger partial charge in [0.05, 0.1) is 22.1 Å². The van der Waals surface area contributed by atoms with Crippen LogP contribution in [0.2, 0.25) is 0 Å². The van der Waals surface area contributed by atoms with Crippen LogP contribution >= 0.6 is 0 Å². The molecule has 252 valence electrons. The molecule has 9 aromatic carbocycles. The van der Waals surface area contributed by atoms with Crippen LogP contribution < -0.4 is 0 Å². The van der Waals surface area contributed by atoms with E-state index in [4.69, 9.17) is 0 Å². The van der Waals surface area contributed by atoms with Gasteiger partial charge in [-0.2, -0.15) is 0 Å². The van der Waals surface area contributed by atoms with E-state index in [9.17, 15) is 0 Å². The van der Waals surface area contributed by atoms with Crippen molar-refractivity contribution in [2.45, 2.75) is 0 Å². The number of nitrogens with zero attached hydrogens (tertiary/aromatic N) is 2. The van der Waals surface area contributed by atoms with Gasteiger partial charge in [0.15, 0.2) is 0 Å². The number of benzene rings is 9. The van der Waals surface area contributed by atoms with Gasteiger partial charge in [0.1, 0.15) is 0 Å². The van der Waals surface area contributed by atoms with Crippen molar-refractivity contribution in [3.05, 3.63) is 206 Å². The lowest BCUT2D eigenvalue weighted by molar-refractivity contribution is 1.18. The lowest BCUT2D eigenvalue weighted by Gasteiger charge is -2.14. The normalized spacial score (nSPS) is 11.7. The average molecular weight is 687 g/mol. The minimum Gasteiger partial charge on any atom is -0.309 e. The standard InChI is InChI=1S/C52H34N2/c1-4-16-35(17-5-1)38-32-39(36-18-6-2-7-19-36)34-40(33-38)37-28-30-42(31-29-37)53-48-27-15-13-25-46(48)50-51(53)44-23-11-10-22-43(44)49-45-24-12-14-26-47(45)54(52(49)50)41-20-8-3-9-21-41/h1-34H. The van der Waals surface area contributed by atoms with Crippen molar-refractivity contribution in [1.82, 2.24) is 9.13 Å². The van der Waals surface area contributed by atoms with E-state index in [1.165, 1.54) is 87.8 Å². The number of para-hydroxylation sites is 3. The molecule has 0 saturated carbocycles. The third kappa shape index (κ3) is 4.67. The maximum Gasteiger partial charge on any atom is 0.0647 e. The van der Waals surface area contributed by atoms with E-state index in [1.54, 1.807) is 0 Å². The van der Waals surface area contributed by atoms with Gasteiger partial charge in [-0.3, -0.25) is 0 Å². The topological polar surface area (TPSA) is 9.86 Å². The van der Waals surface area contributed by atoms with Crippen molar-refractivity contribution in [2.24, 2.45) is 0 Å². The fourth-order valence-electron chi connectivity index (χ4n) is 8.70. The van der Waals surface area contributed by atoms with Crippen molar-refractivity contribution in [1.29, 1.82) is 0 Å². The summed E-state index contributed by atoms with van der Waals surface area (Å²) in [6.07, 6.45) is 0. The van der Waals surface area contributed by atoms with Crippen molar-refractivity contribution in [2.75, 3.05) is 0 Å². The summed E-state index contributed by atoms with van der Waals surface area (Å²) in [6.45, 7) is 0. The molecule has 0 N–H and O–H groups in total. The molecule has 2 aromatic heterocycles. The summed E-state index contributed by atoms with van der Waals surface area (Å²) in [5.41, 5.74) is 14.4.